The summed E-state index contributed by atoms with van der Waals surface area (Å²) in [5.41, 5.74) is 0. The summed E-state index contributed by atoms with van der Waals surface area (Å²) in [5, 5.41) is 0. The van der Waals surface area contributed by atoms with E-state index in [1.165, 1.54) is 0 Å². The minimum atomic E-state index is 0.218. The zero-order chi connectivity index (χ0) is 7.94. The van der Waals surface area contributed by atoms with Gasteiger partial charge in [-0.1, -0.05) is 12.2 Å². The van der Waals surface area contributed by atoms with E-state index in [0.29, 0.717) is 20.0 Å². The number of methoxy groups -OCH3 is 1. The molecule has 3 nitrogen and oxygen atoms in total. The highest BCUT2D eigenvalue weighted by Crippen LogP contribution is 2.05. The van der Waals surface area contributed by atoms with Crippen LogP contribution in [0.5, 0.6) is 0 Å². The number of hydrogen-bond donors (Lipinski definition) is 0. The Bertz CT molecular complexity index is 123. The largest absolute Gasteiger partial charge is 0.371 e. The van der Waals surface area contributed by atoms with Gasteiger partial charge in [0, 0.05) is 7.11 Å². The van der Waals surface area contributed by atoms with Crippen LogP contribution in [0.2, 0.25) is 0 Å². The Morgan fingerprint density at radius 1 is 1.55 bits per heavy atom. The maximum atomic E-state index is 5.36. The van der Waals surface area contributed by atoms with Crippen molar-refractivity contribution in [3.8, 4) is 0 Å². The lowest BCUT2D eigenvalue weighted by molar-refractivity contribution is -0.0762. The monoisotopic (exact) mass is 158 g/mol. The molecule has 0 bridgehead atoms. The van der Waals surface area contributed by atoms with Gasteiger partial charge in [0.2, 0.25) is 0 Å². The standard InChI is InChI=1S/C8H14O3/c1-9-7-10-6-8-4-2-3-5-11-8/h2-3,8H,4-7H2,1H3/t8-/m0/s1. The summed E-state index contributed by atoms with van der Waals surface area (Å²) >= 11 is 0. The molecule has 0 aromatic heterocycles. The van der Waals surface area contributed by atoms with Crippen molar-refractivity contribution >= 4 is 0 Å². The van der Waals surface area contributed by atoms with Gasteiger partial charge in [-0.05, 0) is 6.42 Å². The molecule has 0 N–H and O–H groups in total. The molecule has 0 unspecified atom stereocenters. The fraction of sp³-hybridized carbons (Fsp3) is 0.750. The van der Waals surface area contributed by atoms with Gasteiger partial charge in [-0.2, -0.15) is 0 Å². The first-order chi connectivity index (χ1) is 5.43. The lowest BCUT2D eigenvalue weighted by Crippen LogP contribution is -2.22. The molecule has 1 heterocycles. The van der Waals surface area contributed by atoms with Crippen LogP contribution in [0.4, 0.5) is 0 Å². The fourth-order valence-electron chi connectivity index (χ4n) is 0.955. The van der Waals surface area contributed by atoms with E-state index in [1.54, 1.807) is 7.11 Å². The molecule has 0 saturated heterocycles. The second kappa shape index (κ2) is 5.29. The average Bonchev–Trinajstić information content (AvgIpc) is 2.07. The zero-order valence-electron chi connectivity index (χ0n) is 6.79. The zero-order valence-corrected chi connectivity index (χ0v) is 6.79. The van der Waals surface area contributed by atoms with Crippen LogP contribution < -0.4 is 0 Å². The molecule has 1 atom stereocenters. The van der Waals surface area contributed by atoms with Gasteiger partial charge in [-0.15, -0.1) is 0 Å². The molecule has 1 aliphatic heterocycles. The van der Waals surface area contributed by atoms with Crippen LogP contribution in [0.3, 0.4) is 0 Å². The second-order valence-electron chi connectivity index (χ2n) is 2.44. The van der Waals surface area contributed by atoms with Crippen LogP contribution >= 0.6 is 0 Å². The third-order valence-electron chi connectivity index (χ3n) is 1.50. The molecule has 0 spiro atoms. The van der Waals surface area contributed by atoms with E-state index >= 15 is 0 Å². The van der Waals surface area contributed by atoms with E-state index in [9.17, 15) is 0 Å². The van der Waals surface area contributed by atoms with E-state index in [0.717, 1.165) is 6.42 Å². The van der Waals surface area contributed by atoms with E-state index in [1.807, 2.05) is 6.08 Å². The molecule has 0 aliphatic carbocycles. The Labute approximate surface area is 66.9 Å². The van der Waals surface area contributed by atoms with Gasteiger partial charge >= 0.3 is 0 Å². The Hall–Kier alpha value is -0.380. The number of rotatable bonds is 4. The van der Waals surface area contributed by atoms with Crippen LogP contribution in [0.1, 0.15) is 6.42 Å². The normalized spacial score (nSPS) is 23.9. The first kappa shape index (κ1) is 8.71. The molecule has 3 heteroatoms. The molecular formula is C8H14O3. The first-order valence-electron chi connectivity index (χ1n) is 3.76. The fourth-order valence-corrected chi connectivity index (χ4v) is 0.955. The van der Waals surface area contributed by atoms with Crippen molar-refractivity contribution in [3.05, 3.63) is 12.2 Å². The maximum absolute atomic E-state index is 5.36. The van der Waals surface area contributed by atoms with Gasteiger partial charge in [-0.3, -0.25) is 0 Å². The van der Waals surface area contributed by atoms with Crippen molar-refractivity contribution in [3.63, 3.8) is 0 Å². The maximum Gasteiger partial charge on any atom is 0.146 e. The summed E-state index contributed by atoms with van der Waals surface area (Å²) in [6, 6.07) is 0. The quantitative estimate of drug-likeness (QED) is 0.346. The van der Waals surface area contributed by atoms with Crippen molar-refractivity contribution in [1.82, 2.24) is 0 Å². The minimum absolute atomic E-state index is 0.218. The summed E-state index contributed by atoms with van der Waals surface area (Å²) in [6.45, 7) is 1.68. The van der Waals surface area contributed by atoms with Gasteiger partial charge in [-0.25, -0.2) is 0 Å². The van der Waals surface area contributed by atoms with Crippen LogP contribution in [0.25, 0.3) is 0 Å². The lowest BCUT2D eigenvalue weighted by atomic mass is 10.2. The van der Waals surface area contributed by atoms with Crippen molar-refractivity contribution in [2.75, 3.05) is 27.1 Å². The van der Waals surface area contributed by atoms with Gasteiger partial charge in [0.25, 0.3) is 0 Å². The van der Waals surface area contributed by atoms with E-state index in [2.05, 4.69) is 6.08 Å². The molecule has 0 aromatic carbocycles. The SMILES string of the molecule is COCOC[C@@H]1CC=CCO1. The van der Waals surface area contributed by atoms with Gasteiger partial charge < -0.3 is 14.2 Å². The van der Waals surface area contributed by atoms with E-state index < -0.39 is 0 Å². The Kier molecular flexibility index (Phi) is 4.19. The van der Waals surface area contributed by atoms with E-state index in [-0.39, 0.29) is 6.10 Å². The Morgan fingerprint density at radius 3 is 3.09 bits per heavy atom. The van der Waals surface area contributed by atoms with Crippen LogP contribution in [-0.4, -0.2) is 33.2 Å². The van der Waals surface area contributed by atoms with Gasteiger partial charge in [0.15, 0.2) is 0 Å². The third kappa shape index (κ3) is 3.51. The summed E-state index contributed by atoms with van der Waals surface area (Å²) in [7, 11) is 1.61. The number of ether oxygens (including phenoxy) is 3. The summed E-state index contributed by atoms with van der Waals surface area (Å²) in [5.74, 6) is 0. The molecule has 0 fully saturated rings. The van der Waals surface area contributed by atoms with Crippen molar-refractivity contribution < 1.29 is 14.2 Å². The minimum Gasteiger partial charge on any atom is -0.371 e. The number of hydrogen-bond acceptors (Lipinski definition) is 3. The summed E-state index contributed by atoms with van der Waals surface area (Å²) in [6.07, 6.45) is 5.30. The molecule has 64 valence electrons. The highest BCUT2D eigenvalue weighted by Gasteiger charge is 2.09. The molecule has 1 rings (SSSR count). The van der Waals surface area contributed by atoms with Crippen molar-refractivity contribution in [2.45, 2.75) is 12.5 Å². The highest BCUT2D eigenvalue weighted by atomic mass is 16.7. The Balaban J connectivity index is 2.02. The molecule has 0 amide bonds. The van der Waals surface area contributed by atoms with Gasteiger partial charge in [0.05, 0.1) is 19.3 Å². The molecule has 1 aliphatic rings. The third-order valence-corrected chi connectivity index (χ3v) is 1.50. The lowest BCUT2D eigenvalue weighted by Gasteiger charge is -2.18. The smallest absolute Gasteiger partial charge is 0.146 e. The highest BCUT2D eigenvalue weighted by molar-refractivity contribution is 4.88. The summed E-state index contributed by atoms with van der Waals surface area (Å²) < 4.78 is 15.2. The molecule has 0 radical (unpaired) electrons. The molecule has 11 heavy (non-hydrogen) atoms. The van der Waals surface area contributed by atoms with Crippen molar-refractivity contribution in [1.29, 1.82) is 0 Å². The first-order valence-corrected chi connectivity index (χ1v) is 3.76. The van der Waals surface area contributed by atoms with Crippen LogP contribution in [0.15, 0.2) is 12.2 Å². The van der Waals surface area contributed by atoms with Crippen molar-refractivity contribution in [2.24, 2.45) is 0 Å². The van der Waals surface area contributed by atoms with E-state index in [4.69, 9.17) is 14.2 Å². The predicted molar refractivity (Wildman–Crippen MR) is 41.3 cm³/mol. The van der Waals surface area contributed by atoms with Gasteiger partial charge in [0.1, 0.15) is 6.79 Å². The molecule has 0 saturated carbocycles. The molecule has 0 aromatic rings. The topological polar surface area (TPSA) is 27.7 Å². The van der Waals surface area contributed by atoms with Crippen LogP contribution in [-0.2, 0) is 14.2 Å². The Morgan fingerprint density at radius 2 is 2.45 bits per heavy atom. The summed E-state index contributed by atoms with van der Waals surface area (Å²) in [4.78, 5) is 0. The van der Waals surface area contributed by atoms with Crippen LogP contribution in [0, 0.1) is 0 Å². The second-order valence-corrected chi connectivity index (χ2v) is 2.44. The molecular weight excluding hydrogens is 144 g/mol. The average molecular weight is 158 g/mol. The predicted octanol–water partition coefficient (Wildman–Crippen LogP) is 0.952.